The van der Waals surface area contributed by atoms with Gasteiger partial charge < -0.3 is 0 Å². The quantitative estimate of drug-likeness (QED) is 0.756. The summed E-state index contributed by atoms with van der Waals surface area (Å²) in [7, 11) is 0. The number of amides is 1. The molecule has 1 aliphatic heterocycles. The van der Waals surface area contributed by atoms with Crippen molar-refractivity contribution in [2.45, 2.75) is 63.7 Å². The Kier molecular flexibility index (Phi) is 5.81. The number of aryl methyl sites for hydroxylation is 1. The van der Waals surface area contributed by atoms with Gasteiger partial charge in [0.15, 0.2) is 0 Å². The molecule has 1 aromatic rings. The van der Waals surface area contributed by atoms with Crippen LogP contribution in [0.25, 0.3) is 0 Å². The third kappa shape index (κ3) is 4.86. The number of carbonyl (C=O) groups is 1. The normalized spacial score (nSPS) is 19.3. The minimum atomic E-state index is -4.38. The number of benzene rings is 1. The van der Waals surface area contributed by atoms with Crippen LogP contribution >= 0.6 is 11.6 Å². The summed E-state index contributed by atoms with van der Waals surface area (Å²) in [5.41, 5.74) is 2.55. The van der Waals surface area contributed by atoms with Crippen LogP contribution in [0.5, 0.6) is 0 Å². The van der Waals surface area contributed by atoms with Gasteiger partial charge in [-0.2, -0.15) is 13.2 Å². The van der Waals surface area contributed by atoms with Gasteiger partial charge in [0.1, 0.15) is 6.04 Å². The van der Waals surface area contributed by atoms with Gasteiger partial charge in [-0.1, -0.05) is 30.2 Å². The maximum atomic E-state index is 13.4. The Morgan fingerprint density at radius 2 is 2.04 bits per heavy atom. The molecule has 0 radical (unpaired) electrons. The number of rotatable bonds is 6. The average Bonchev–Trinajstić information content (AvgIpc) is 2.70. The first-order valence-electron chi connectivity index (χ1n) is 7.99. The standard InChI is InChI=1S/C17H22ClF3N2O/c1-16(2)11-15(24)22-23(16)14(17(19,20)21)9-4-3-6-12-7-5-8-13(18)10-12/h5,7-8,10,14H,3-4,6,9,11H2,1-2H3,(H,22,24)/t14-/m0/s1. The molecule has 0 saturated carbocycles. The molecule has 0 unspecified atom stereocenters. The topological polar surface area (TPSA) is 32.3 Å². The molecule has 1 N–H and O–H groups in total. The van der Waals surface area contributed by atoms with E-state index >= 15 is 0 Å². The molecule has 1 heterocycles. The molecule has 1 fully saturated rings. The Hall–Kier alpha value is -1.27. The van der Waals surface area contributed by atoms with Crippen molar-refractivity contribution < 1.29 is 18.0 Å². The highest BCUT2D eigenvalue weighted by molar-refractivity contribution is 6.30. The number of nitrogens with one attached hydrogen (secondary N) is 1. The van der Waals surface area contributed by atoms with Crippen LogP contribution in [0, 0.1) is 0 Å². The van der Waals surface area contributed by atoms with E-state index in [0.29, 0.717) is 24.3 Å². The lowest BCUT2D eigenvalue weighted by Crippen LogP contribution is -2.56. The summed E-state index contributed by atoms with van der Waals surface area (Å²) in [6.45, 7) is 3.30. The van der Waals surface area contributed by atoms with E-state index in [2.05, 4.69) is 5.43 Å². The largest absolute Gasteiger partial charge is 0.405 e. The van der Waals surface area contributed by atoms with Crippen LogP contribution in [0.3, 0.4) is 0 Å². The number of alkyl halides is 3. The van der Waals surface area contributed by atoms with Crippen LogP contribution in [0.1, 0.15) is 45.1 Å². The Morgan fingerprint density at radius 3 is 2.58 bits per heavy atom. The highest BCUT2D eigenvalue weighted by Gasteiger charge is 2.51. The van der Waals surface area contributed by atoms with E-state index in [1.165, 1.54) is 0 Å². The van der Waals surface area contributed by atoms with Crippen molar-refractivity contribution in [3.8, 4) is 0 Å². The van der Waals surface area contributed by atoms with Crippen LogP contribution in [-0.2, 0) is 11.2 Å². The second kappa shape index (κ2) is 7.31. The van der Waals surface area contributed by atoms with Crippen LogP contribution in [-0.4, -0.2) is 28.7 Å². The second-order valence-corrected chi connectivity index (χ2v) is 7.26. The zero-order valence-corrected chi connectivity index (χ0v) is 14.5. The van der Waals surface area contributed by atoms with Crippen LogP contribution in [0.4, 0.5) is 13.2 Å². The van der Waals surface area contributed by atoms with Gasteiger partial charge in [0.05, 0.1) is 0 Å². The second-order valence-electron chi connectivity index (χ2n) is 6.83. The van der Waals surface area contributed by atoms with E-state index in [4.69, 9.17) is 11.6 Å². The fourth-order valence-corrected chi connectivity index (χ4v) is 3.31. The highest BCUT2D eigenvalue weighted by atomic mass is 35.5. The van der Waals surface area contributed by atoms with Gasteiger partial charge in [-0.15, -0.1) is 0 Å². The van der Waals surface area contributed by atoms with E-state index in [0.717, 1.165) is 10.6 Å². The van der Waals surface area contributed by atoms with E-state index < -0.39 is 17.8 Å². The summed E-state index contributed by atoms with van der Waals surface area (Å²) in [6, 6.07) is 5.67. The maximum Gasteiger partial charge on any atom is 0.405 e. The molecule has 1 saturated heterocycles. The third-order valence-corrected chi connectivity index (χ3v) is 4.50. The van der Waals surface area contributed by atoms with Crippen molar-refractivity contribution in [1.29, 1.82) is 0 Å². The van der Waals surface area contributed by atoms with Crippen LogP contribution in [0.2, 0.25) is 5.02 Å². The van der Waals surface area contributed by atoms with Gasteiger partial charge in [-0.05, 0) is 50.8 Å². The lowest BCUT2D eigenvalue weighted by Gasteiger charge is -2.37. The van der Waals surface area contributed by atoms with E-state index in [-0.39, 0.29) is 18.7 Å². The zero-order chi connectivity index (χ0) is 18.0. The summed E-state index contributed by atoms with van der Waals surface area (Å²) in [6.07, 6.45) is -2.63. The molecule has 1 atom stereocenters. The van der Waals surface area contributed by atoms with E-state index in [1.807, 2.05) is 18.2 Å². The first-order chi connectivity index (χ1) is 11.1. The molecule has 7 heteroatoms. The molecule has 0 aromatic heterocycles. The van der Waals surface area contributed by atoms with E-state index in [1.54, 1.807) is 19.9 Å². The molecule has 2 rings (SSSR count). The minimum Gasteiger partial charge on any atom is -0.288 e. The maximum absolute atomic E-state index is 13.4. The number of hydrogen-bond acceptors (Lipinski definition) is 2. The number of hydrazine groups is 1. The summed E-state index contributed by atoms with van der Waals surface area (Å²) in [4.78, 5) is 11.5. The highest BCUT2D eigenvalue weighted by Crippen LogP contribution is 2.35. The Morgan fingerprint density at radius 1 is 1.33 bits per heavy atom. The lowest BCUT2D eigenvalue weighted by atomic mass is 9.97. The zero-order valence-electron chi connectivity index (χ0n) is 13.8. The summed E-state index contributed by atoms with van der Waals surface area (Å²) in [5.74, 6) is -0.367. The monoisotopic (exact) mass is 362 g/mol. The smallest absolute Gasteiger partial charge is 0.288 e. The molecular formula is C17H22ClF3N2O. The van der Waals surface area contributed by atoms with Crippen molar-refractivity contribution in [3.05, 3.63) is 34.9 Å². The molecule has 1 aliphatic rings. The number of carbonyl (C=O) groups excluding carboxylic acids is 1. The first-order valence-corrected chi connectivity index (χ1v) is 8.37. The minimum absolute atomic E-state index is 0.0478. The Bertz CT molecular complexity index is 589. The Labute approximate surface area is 145 Å². The number of nitrogens with zero attached hydrogens (tertiary/aromatic N) is 1. The fourth-order valence-electron chi connectivity index (χ4n) is 3.10. The van der Waals surface area contributed by atoms with E-state index in [9.17, 15) is 18.0 Å². The molecule has 1 amide bonds. The number of unbranched alkanes of at least 4 members (excludes halogenated alkanes) is 1. The molecular weight excluding hydrogens is 341 g/mol. The van der Waals surface area contributed by atoms with Crippen LogP contribution in [0.15, 0.2) is 24.3 Å². The van der Waals surface area contributed by atoms with Crippen molar-refractivity contribution >= 4 is 17.5 Å². The molecule has 24 heavy (non-hydrogen) atoms. The molecule has 0 aliphatic carbocycles. The van der Waals surface area contributed by atoms with Crippen molar-refractivity contribution in [3.63, 3.8) is 0 Å². The van der Waals surface area contributed by atoms with Crippen molar-refractivity contribution in [1.82, 2.24) is 10.4 Å². The Balaban J connectivity index is 1.94. The SMILES string of the molecule is CC1(C)CC(=O)NN1[C@@H](CCCCc1cccc(Cl)c1)C(F)(F)F. The summed E-state index contributed by atoms with van der Waals surface area (Å²) < 4.78 is 40.3. The molecule has 0 bridgehead atoms. The predicted molar refractivity (Wildman–Crippen MR) is 87.5 cm³/mol. The summed E-state index contributed by atoms with van der Waals surface area (Å²) in [5, 5.41) is 1.71. The van der Waals surface area contributed by atoms with Gasteiger partial charge in [0, 0.05) is 17.0 Å². The number of hydrogen-bond donors (Lipinski definition) is 1. The molecule has 1 aromatic carbocycles. The molecule has 134 valence electrons. The third-order valence-electron chi connectivity index (χ3n) is 4.26. The lowest BCUT2D eigenvalue weighted by molar-refractivity contribution is -0.202. The van der Waals surface area contributed by atoms with Crippen molar-refractivity contribution in [2.75, 3.05) is 0 Å². The van der Waals surface area contributed by atoms with Gasteiger partial charge in [-0.3, -0.25) is 10.2 Å². The molecule has 0 spiro atoms. The van der Waals surface area contributed by atoms with Crippen molar-refractivity contribution in [2.24, 2.45) is 0 Å². The van der Waals surface area contributed by atoms with Crippen LogP contribution < -0.4 is 5.43 Å². The summed E-state index contributed by atoms with van der Waals surface area (Å²) >= 11 is 5.90. The van der Waals surface area contributed by atoms with Gasteiger partial charge in [-0.25, -0.2) is 5.01 Å². The fraction of sp³-hybridized carbons (Fsp3) is 0.588. The van der Waals surface area contributed by atoms with Gasteiger partial charge >= 0.3 is 6.18 Å². The first kappa shape index (κ1) is 19.1. The number of halogens is 4. The van der Waals surface area contributed by atoms with Gasteiger partial charge in [0.2, 0.25) is 5.91 Å². The van der Waals surface area contributed by atoms with Gasteiger partial charge in [0.25, 0.3) is 0 Å². The average molecular weight is 363 g/mol. The molecule has 3 nitrogen and oxygen atoms in total. The predicted octanol–water partition coefficient (Wildman–Crippen LogP) is 4.50.